The van der Waals surface area contributed by atoms with Gasteiger partial charge in [-0.3, -0.25) is 0 Å². The molecule has 0 saturated carbocycles. The molecule has 10 heavy (non-hydrogen) atoms. The topological polar surface area (TPSA) is 0 Å². The van der Waals surface area contributed by atoms with Crippen molar-refractivity contribution in [3.63, 3.8) is 0 Å². The summed E-state index contributed by atoms with van der Waals surface area (Å²) in [6.07, 6.45) is 10.6. The Labute approximate surface area is 64.0 Å². The predicted octanol–water partition coefficient (Wildman–Crippen LogP) is 3.48. The highest BCUT2D eigenvalue weighted by Gasteiger charge is 1.84. The molecule has 0 heterocycles. The average Bonchev–Trinajstić information content (AvgIpc) is 2.40. The van der Waals surface area contributed by atoms with E-state index >= 15 is 0 Å². The molecule has 0 heteroatoms. The molecule has 0 spiro atoms. The standard InChI is InChI=1S/C6H8.C4H8/c1-6-4-2-3-5-6;1-3-4-2/h2,4-5H,3H2,1H3;3H,1,4H2,2H3. The molecule has 0 aliphatic heterocycles. The van der Waals surface area contributed by atoms with Crippen molar-refractivity contribution in [3.8, 4) is 0 Å². The van der Waals surface area contributed by atoms with Crippen LogP contribution in [0, 0.1) is 0 Å². The second kappa shape index (κ2) is 6.34. The zero-order valence-electron chi connectivity index (χ0n) is 6.93. The molecule has 0 atom stereocenters. The molecular weight excluding hydrogens is 120 g/mol. The molecule has 0 fully saturated rings. The first-order valence-corrected chi connectivity index (χ1v) is 3.75. The third kappa shape index (κ3) is 5.36. The Morgan fingerprint density at radius 3 is 2.40 bits per heavy atom. The van der Waals surface area contributed by atoms with E-state index < -0.39 is 0 Å². The molecule has 56 valence electrons. The Morgan fingerprint density at radius 2 is 2.30 bits per heavy atom. The SMILES string of the molecule is C=CCC.CC1=CCC=C1. The Kier molecular flexibility index (Phi) is 5.85. The number of allylic oxidation sites excluding steroid dienone is 5. The lowest BCUT2D eigenvalue weighted by Crippen LogP contribution is -1.51. The third-order valence-electron chi connectivity index (χ3n) is 1.25. The Hall–Kier alpha value is -0.780. The highest BCUT2D eigenvalue weighted by Crippen LogP contribution is 2.05. The molecule has 0 nitrogen and oxygen atoms in total. The quantitative estimate of drug-likeness (QED) is 0.484. The van der Waals surface area contributed by atoms with Gasteiger partial charge in [0, 0.05) is 0 Å². The van der Waals surface area contributed by atoms with Gasteiger partial charge in [0.15, 0.2) is 0 Å². The van der Waals surface area contributed by atoms with E-state index in [9.17, 15) is 0 Å². The normalized spacial score (nSPS) is 13.6. The molecule has 0 N–H and O–H groups in total. The van der Waals surface area contributed by atoms with Crippen molar-refractivity contribution < 1.29 is 0 Å². The van der Waals surface area contributed by atoms with Crippen LogP contribution in [0.4, 0.5) is 0 Å². The van der Waals surface area contributed by atoms with Gasteiger partial charge >= 0.3 is 0 Å². The van der Waals surface area contributed by atoms with E-state index in [0.717, 1.165) is 12.8 Å². The predicted molar refractivity (Wildman–Crippen MR) is 48.0 cm³/mol. The number of hydrogen-bond acceptors (Lipinski definition) is 0. The van der Waals surface area contributed by atoms with Crippen LogP contribution in [0.1, 0.15) is 26.7 Å². The minimum Gasteiger partial charge on any atom is -0.103 e. The Bertz CT molecular complexity index is 135. The molecule has 0 bridgehead atoms. The van der Waals surface area contributed by atoms with Crippen LogP contribution in [0.3, 0.4) is 0 Å². The van der Waals surface area contributed by atoms with Crippen LogP contribution in [0.25, 0.3) is 0 Å². The summed E-state index contributed by atoms with van der Waals surface area (Å²) in [6, 6.07) is 0. The van der Waals surface area contributed by atoms with Gasteiger partial charge in [0.1, 0.15) is 0 Å². The fraction of sp³-hybridized carbons (Fsp3) is 0.400. The molecule has 1 rings (SSSR count). The van der Waals surface area contributed by atoms with Gasteiger partial charge in [-0.2, -0.15) is 0 Å². The first kappa shape index (κ1) is 9.22. The summed E-state index contributed by atoms with van der Waals surface area (Å²) in [6.45, 7) is 7.66. The fourth-order valence-corrected chi connectivity index (χ4v) is 0.576. The van der Waals surface area contributed by atoms with Crippen molar-refractivity contribution >= 4 is 0 Å². The molecule has 1 aliphatic rings. The fourth-order valence-electron chi connectivity index (χ4n) is 0.576. The van der Waals surface area contributed by atoms with Crippen LogP contribution in [0.15, 0.2) is 36.5 Å². The van der Waals surface area contributed by atoms with E-state index in [-0.39, 0.29) is 0 Å². The summed E-state index contributed by atoms with van der Waals surface area (Å²) in [4.78, 5) is 0. The highest BCUT2D eigenvalue weighted by atomic mass is 13.9. The summed E-state index contributed by atoms with van der Waals surface area (Å²) < 4.78 is 0. The second-order valence-corrected chi connectivity index (χ2v) is 2.28. The van der Waals surface area contributed by atoms with Crippen LogP contribution in [-0.2, 0) is 0 Å². The molecular formula is C10H16. The molecule has 0 amide bonds. The van der Waals surface area contributed by atoms with Gasteiger partial charge in [-0.05, 0) is 19.8 Å². The zero-order valence-corrected chi connectivity index (χ0v) is 6.93. The van der Waals surface area contributed by atoms with Gasteiger partial charge in [0.25, 0.3) is 0 Å². The van der Waals surface area contributed by atoms with E-state index in [4.69, 9.17) is 0 Å². The minimum absolute atomic E-state index is 1.08. The van der Waals surface area contributed by atoms with Crippen LogP contribution in [0.2, 0.25) is 0 Å². The zero-order chi connectivity index (χ0) is 7.82. The van der Waals surface area contributed by atoms with Crippen molar-refractivity contribution in [2.45, 2.75) is 26.7 Å². The smallest absolute Gasteiger partial charge is 0.0160 e. The molecule has 0 radical (unpaired) electrons. The molecule has 0 aromatic rings. The lowest BCUT2D eigenvalue weighted by Gasteiger charge is -1.72. The minimum atomic E-state index is 1.08. The van der Waals surface area contributed by atoms with E-state index in [1.54, 1.807) is 0 Å². The Morgan fingerprint density at radius 1 is 1.70 bits per heavy atom. The summed E-state index contributed by atoms with van der Waals surface area (Å²) in [5, 5.41) is 0. The summed E-state index contributed by atoms with van der Waals surface area (Å²) in [5.41, 5.74) is 1.40. The van der Waals surface area contributed by atoms with Gasteiger partial charge in [-0.1, -0.05) is 36.8 Å². The first-order chi connectivity index (χ1) is 4.81. The third-order valence-corrected chi connectivity index (χ3v) is 1.25. The maximum absolute atomic E-state index is 3.48. The van der Waals surface area contributed by atoms with Gasteiger partial charge in [0.2, 0.25) is 0 Å². The van der Waals surface area contributed by atoms with Gasteiger partial charge in [-0.25, -0.2) is 0 Å². The number of rotatable bonds is 1. The van der Waals surface area contributed by atoms with Gasteiger partial charge in [-0.15, -0.1) is 6.58 Å². The van der Waals surface area contributed by atoms with Crippen LogP contribution in [-0.4, -0.2) is 0 Å². The summed E-state index contributed by atoms with van der Waals surface area (Å²) in [5.74, 6) is 0. The highest BCUT2D eigenvalue weighted by molar-refractivity contribution is 5.23. The van der Waals surface area contributed by atoms with E-state index in [1.165, 1.54) is 5.57 Å². The van der Waals surface area contributed by atoms with Crippen LogP contribution < -0.4 is 0 Å². The van der Waals surface area contributed by atoms with E-state index in [2.05, 4.69) is 38.7 Å². The largest absolute Gasteiger partial charge is 0.103 e. The maximum Gasteiger partial charge on any atom is -0.0160 e. The maximum atomic E-state index is 3.48. The summed E-state index contributed by atoms with van der Waals surface area (Å²) in [7, 11) is 0. The monoisotopic (exact) mass is 136 g/mol. The van der Waals surface area contributed by atoms with Crippen LogP contribution >= 0.6 is 0 Å². The lowest BCUT2D eigenvalue weighted by atomic mass is 10.3. The van der Waals surface area contributed by atoms with Crippen molar-refractivity contribution in [3.05, 3.63) is 36.5 Å². The summed E-state index contributed by atoms with van der Waals surface area (Å²) >= 11 is 0. The van der Waals surface area contributed by atoms with E-state index in [0.29, 0.717) is 0 Å². The van der Waals surface area contributed by atoms with Crippen molar-refractivity contribution in [2.24, 2.45) is 0 Å². The Balaban J connectivity index is 0.000000180. The molecule has 1 aliphatic carbocycles. The lowest BCUT2D eigenvalue weighted by molar-refractivity contribution is 1.23. The molecule has 0 aromatic carbocycles. The van der Waals surface area contributed by atoms with Gasteiger partial charge in [0.05, 0.1) is 0 Å². The second-order valence-electron chi connectivity index (χ2n) is 2.28. The molecule has 0 aromatic heterocycles. The number of hydrogen-bond donors (Lipinski definition) is 0. The van der Waals surface area contributed by atoms with Crippen molar-refractivity contribution in [1.82, 2.24) is 0 Å². The molecule has 0 saturated heterocycles. The molecule has 0 unspecified atom stereocenters. The van der Waals surface area contributed by atoms with Crippen LogP contribution in [0.5, 0.6) is 0 Å². The van der Waals surface area contributed by atoms with Crippen molar-refractivity contribution in [1.29, 1.82) is 0 Å². The first-order valence-electron chi connectivity index (χ1n) is 3.75. The average molecular weight is 136 g/mol. The van der Waals surface area contributed by atoms with E-state index in [1.807, 2.05) is 6.08 Å². The van der Waals surface area contributed by atoms with Crippen molar-refractivity contribution in [2.75, 3.05) is 0 Å². The van der Waals surface area contributed by atoms with Gasteiger partial charge < -0.3 is 0 Å².